The maximum absolute atomic E-state index is 11.0. The smallest absolute Gasteiger partial charge is 0.287 e. The number of H-pyrrole nitrogens is 1. The fourth-order valence-corrected chi connectivity index (χ4v) is 1.17. The van der Waals surface area contributed by atoms with Gasteiger partial charge in [0.25, 0.3) is 5.56 Å². The Morgan fingerprint density at radius 2 is 2.41 bits per heavy atom. The number of methoxy groups -OCH3 is 1. The van der Waals surface area contributed by atoms with Gasteiger partial charge in [0.2, 0.25) is 6.41 Å². The Hall–Kier alpha value is -1.60. The van der Waals surface area contributed by atoms with Crippen molar-refractivity contribution >= 4 is 12.1 Å². The van der Waals surface area contributed by atoms with Crippen molar-refractivity contribution in [3.63, 3.8) is 0 Å². The molecule has 0 spiro atoms. The molecule has 7 nitrogen and oxygen atoms in total. The zero-order chi connectivity index (χ0) is 12.7. The molecular weight excluding hydrogens is 226 g/mol. The molecule has 7 heteroatoms. The van der Waals surface area contributed by atoms with E-state index in [9.17, 15) is 9.59 Å². The average Bonchev–Trinajstić information content (AvgIpc) is 2.59. The summed E-state index contributed by atoms with van der Waals surface area (Å²) < 4.78 is 11.1. The van der Waals surface area contributed by atoms with E-state index < -0.39 is 0 Å². The second kappa shape index (κ2) is 6.87. The van der Waals surface area contributed by atoms with Crippen LogP contribution in [0.3, 0.4) is 0 Å². The fourth-order valence-electron chi connectivity index (χ4n) is 1.17. The van der Waals surface area contributed by atoms with Gasteiger partial charge in [-0.05, 0) is 13.3 Å². The number of carbonyl (C=O) groups is 1. The van der Waals surface area contributed by atoms with Crippen LogP contribution in [0, 0.1) is 0 Å². The van der Waals surface area contributed by atoms with Gasteiger partial charge < -0.3 is 14.8 Å². The molecule has 1 atom stereocenters. The first-order chi connectivity index (χ1) is 8.17. The Bertz CT molecular complexity index is 395. The van der Waals surface area contributed by atoms with E-state index in [0.717, 1.165) is 6.61 Å². The van der Waals surface area contributed by atoms with E-state index in [2.05, 4.69) is 17.3 Å². The molecule has 1 fully saturated rings. The second-order valence-electron chi connectivity index (χ2n) is 3.60. The van der Waals surface area contributed by atoms with Gasteiger partial charge in [0.15, 0.2) is 0 Å². The van der Waals surface area contributed by atoms with Crippen molar-refractivity contribution in [2.24, 2.45) is 0 Å². The third-order valence-corrected chi connectivity index (χ3v) is 2.18. The Morgan fingerprint density at radius 1 is 1.76 bits per heavy atom. The first-order valence-electron chi connectivity index (χ1n) is 5.27. The summed E-state index contributed by atoms with van der Waals surface area (Å²) in [5.41, 5.74) is -0.138. The Balaban J connectivity index is 0.000000239. The van der Waals surface area contributed by atoms with E-state index in [4.69, 9.17) is 9.47 Å². The van der Waals surface area contributed by atoms with Crippen LogP contribution in [0.2, 0.25) is 0 Å². The average molecular weight is 243 g/mol. The molecule has 0 bridgehead atoms. The van der Waals surface area contributed by atoms with E-state index in [-0.39, 0.29) is 18.0 Å². The molecule has 1 unspecified atom stereocenters. The molecule has 0 aliphatic carbocycles. The third-order valence-electron chi connectivity index (χ3n) is 2.18. The molecule has 17 heavy (non-hydrogen) atoms. The van der Waals surface area contributed by atoms with Crippen LogP contribution in [0.5, 0.6) is 0 Å². The molecular formula is C10H17N3O4. The summed E-state index contributed by atoms with van der Waals surface area (Å²) in [6.45, 7) is 3.32. The van der Waals surface area contributed by atoms with Crippen LogP contribution in [0.4, 0.5) is 5.69 Å². The highest BCUT2D eigenvalue weighted by Gasteiger charge is 2.09. The van der Waals surface area contributed by atoms with Gasteiger partial charge in [-0.25, -0.2) is 0 Å². The third kappa shape index (κ3) is 4.41. The summed E-state index contributed by atoms with van der Waals surface area (Å²) in [4.78, 5) is 20.9. The molecule has 1 amide bonds. The molecule has 2 heterocycles. The topological polar surface area (TPSA) is 85.3 Å². The number of amides is 1. The molecule has 96 valence electrons. The summed E-state index contributed by atoms with van der Waals surface area (Å²) in [5, 5.41) is 4.70. The number of carbonyl (C=O) groups excluding carboxylic acids is 1. The van der Waals surface area contributed by atoms with E-state index >= 15 is 0 Å². The van der Waals surface area contributed by atoms with Gasteiger partial charge in [-0.1, -0.05) is 0 Å². The molecule has 2 rings (SSSR count). The molecule has 0 radical (unpaired) electrons. The van der Waals surface area contributed by atoms with Crippen LogP contribution >= 0.6 is 0 Å². The van der Waals surface area contributed by atoms with Crippen molar-refractivity contribution in [2.75, 3.05) is 19.0 Å². The molecule has 1 aromatic heterocycles. The highest BCUT2D eigenvalue weighted by molar-refractivity contribution is 5.69. The van der Waals surface area contributed by atoms with Gasteiger partial charge in [0.05, 0.1) is 12.3 Å². The number of hydrogen-bond acceptors (Lipinski definition) is 4. The highest BCUT2D eigenvalue weighted by atomic mass is 16.5. The Kier molecular flexibility index (Phi) is 5.44. The minimum absolute atomic E-state index is 0.210. The molecule has 1 saturated heterocycles. The monoisotopic (exact) mass is 243 g/mol. The quantitative estimate of drug-likeness (QED) is 0.737. The number of aromatic amines is 1. The van der Waals surface area contributed by atoms with Crippen LogP contribution in [0.15, 0.2) is 11.0 Å². The molecule has 2 N–H and O–H groups in total. The van der Waals surface area contributed by atoms with Crippen molar-refractivity contribution in [1.82, 2.24) is 9.78 Å². The lowest BCUT2D eigenvalue weighted by molar-refractivity contribution is -0.105. The normalized spacial score (nSPS) is 17.6. The van der Waals surface area contributed by atoms with Crippen LogP contribution in [0.1, 0.15) is 13.3 Å². The van der Waals surface area contributed by atoms with Crippen LogP contribution in [-0.2, 0) is 21.0 Å². The van der Waals surface area contributed by atoms with E-state index in [1.54, 1.807) is 0 Å². The Labute approximate surface area is 98.7 Å². The standard InChI is InChI=1S/C6H9N3O3.C4H8O/c1-12-4-9-2-5(7-3-10)6(11)8-9;1-4-2-3-5-4/h2-3H,4H2,1H3,(H,7,10)(H,8,11);4H,2-3H2,1H3. The first-order valence-corrected chi connectivity index (χ1v) is 5.27. The van der Waals surface area contributed by atoms with Crippen LogP contribution in [0.25, 0.3) is 0 Å². The van der Waals surface area contributed by atoms with Crippen LogP contribution < -0.4 is 10.9 Å². The minimum Gasteiger partial charge on any atom is -0.378 e. The number of nitrogens with one attached hydrogen (secondary N) is 2. The molecule has 1 aliphatic rings. The largest absolute Gasteiger partial charge is 0.378 e. The Morgan fingerprint density at radius 3 is 2.82 bits per heavy atom. The SMILES string of the molecule is CC1CCO1.COCn1cc(NC=O)c(=O)[nH]1. The summed E-state index contributed by atoms with van der Waals surface area (Å²) in [7, 11) is 1.51. The number of nitrogens with zero attached hydrogens (tertiary/aromatic N) is 1. The first kappa shape index (κ1) is 13.5. The van der Waals surface area contributed by atoms with Gasteiger partial charge >= 0.3 is 0 Å². The zero-order valence-electron chi connectivity index (χ0n) is 9.93. The van der Waals surface area contributed by atoms with Gasteiger partial charge in [0.1, 0.15) is 12.4 Å². The maximum Gasteiger partial charge on any atom is 0.287 e. The number of hydrogen-bond donors (Lipinski definition) is 2. The minimum atomic E-state index is -0.348. The lowest BCUT2D eigenvalue weighted by Crippen LogP contribution is -2.22. The number of ether oxygens (including phenoxy) is 2. The van der Waals surface area contributed by atoms with E-state index in [0.29, 0.717) is 12.5 Å². The molecule has 0 aromatic carbocycles. The van der Waals surface area contributed by atoms with Gasteiger partial charge in [-0.2, -0.15) is 0 Å². The van der Waals surface area contributed by atoms with Crippen molar-refractivity contribution < 1.29 is 14.3 Å². The number of anilines is 1. The summed E-state index contributed by atoms with van der Waals surface area (Å²) in [5.74, 6) is 0. The van der Waals surface area contributed by atoms with Crippen molar-refractivity contribution in [2.45, 2.75) is 26.2 Å². The predicted octanol–water partition coefficient (Wildman–Crippen LogP) is 0.144. The molecule has 1 aliphatic heterocycles. The maximum atomic E-state index is 11.0. The van der Waals surface area contributed by atoms with Gasteiger partial charge in [0, 0.05) is 13.7 Å². The lowest BCUT2D eigenvalue weighted by atomic mass is 10.2. The van der Waals surface area contributed by atoms with Gasteiger partial charge in [-0.15, -0.1) is 0 Å². The van der Waals surface area contributed by atoms with E-state index in [1.807, 2.05) is 0 Å². The highest BCUT2D eigenvalue weighted by Crippen LogP contribution is 2.07. The lowest BCUT2D eigenvalue weighted by Gasteiger charge is -2.20. The summed E-state index contributed by atoms with van der Waals surface area (Å²) in [6, 6.07) is 0. The van der Waals surface area contributed by atoms with Crippen molar-refractivity contribution in [3.05, 3.63) is 16.6 Å². The molecule has 1 aromatic rings. The van der Waals surface area contributed by atoms with Gasteiger partial charge in [-0.3, -0.25) is 19.4 Å². The summed E-state index contributed by atoms with van der Waals surface area (Å²) in [6.07, 6.45) is 3.73. The predicted molar refractivity (Wildman–Crippen MR) is 61.8 cm³/mol. The number of aromatic nitrogens is 2. The van der Waals surface area contributed by atoms with Crippen LogP contribution in [-0.4, -0.2) is 36.0 Å². The fraction of sp³-hybridized carbons (Fsp3) is 0.600. The van der Waals surface area contributed by atoms with E-state index in [1.165, 1.54) is 24.4 Å². The summed E-state index contributed by atoms with van der Waals surface area (Å²) >= 11 is 0. The number of rotatable bonds is 4. The zero-order valence-corrected chi connectivity index (χ0v) is 9.93. The molecule has 0 saturated carbocycles. The van der Waals surface area contributed by atoms with Crippen molar-refractivity contribution in [3.8, 4) is 0 Å². The van der Waals surface area contributed by atoms with Crippen molar-refractivity contribution in [1.29, 1.82) is 0 Å². The second-order valence-corrected chi connectivity index (χ2v) is 3.60.